The first kappa shape index (κ1) is 16.7. The number of rotatable bonds is 8. The minimum Gasteiger partial charge on any atom is -0.465 e. The van der Waals surface area contributed by atoms with E-state index in [1.165, 1.54) is 0 Å². The number of esters is 2. The molecule has 0 N–H and O–H groups in total. The van der Waals surface area contributed by atoms with E-state index in [9.17, 15) is 14.4 Å². The maximum Gasteiger partial charge on any atom is 0.334 e. The van der Waals surface area contributed by atoms with Crippen molar-refractivity contribution in [3.8, 4) is 0 Å². The number of ether oxygens (including phenoxy) is 2. The number of carbonyl (C=O) groups excluding carboxylic acids is 3. The predicted octanol–water partition coefficient (Wildman–Crippen LogP) is 1.04. The second-order valence-corrected chi connectivity index (χ2v) is 5.10. The van der Waals surface area contributed by atoms with Gasteiger partial charge < -0.3 is 14.4 Å². The van der Waals surface area contributed by atoms with Gasteiger partial charge in [0.05, 0.1) is 13.0 Å². The first-order valence-electron chi connectivity index (χ1n) is 6.39. The number of hydrogen-bond acceptors (Lipinski definition) is 5. The number of halogens is 1. The molecular weight excluding hydrogens is 330 g/mol. The van der Waals surface area contributed by atoms with Crippen molar-refractivity contribution in [2.75, 3.05) is 31.6 Å². The summed E-state index contributed by atoms with van der Waals surface area (Å²) in [6, 6.07) is 0. The molecular formula is C13H18BrNO5. The summed E-state index contributed by atoms with van der Waals surface area (Å²) in [5.41, 5.74) is 0.0531. The Morgan fingerprint density at radius 1 is 1.30 bits per heavy atom. The highest BCUT2D eigenvalue weighted by Crippen LogP contribution is 2.09. The Hall–Kier alpha value is -1.37. The molecule has 0 aromatic heterocycles. The van der Waals surface area contributed by atoms with Crippen LogP contribution in [0.3, 0.4) is 0 Å². The molecule has 1 saturated heterocycles. The zero-order valence-electron chi connectivity index (χ0n) is 11.2. The van der Waals surface area contributed by atoms with Crippen molar-refractivity contribution < 1.29 is 23.9 Å². The van der Waals surface area contributed by atoms with Gasteiger partial charge in [-0.2, -0.15) is 0 Å². The lowest BCUT2D eigenvalue weighted by Gasteiger charge is -2.15. The van der Waals surface area contributed by atoms with E-state index in [0.717, 1.165) is 6.42 Å². The number of likely N-dealkylation sites (tertiary alicyclic amines) is 1. The molecule has 1 fully saturated rings. The fourth-order valence-electron chi connectivity index (χ4n) is 1.74. The van der Waals surface area contributed by atoms with E-state index < -0.39 is 11.9 Å². The molecule has 1 aliphatic heterocycles. The molecule has 0 atom stereocenters. The Morgan fingerprint density at radius 2 is 2.05 bits per heavy atom. The molecule has 0 aromatic carbocycles. The molecule has 20 heavy (non-hydrogen) atoms. The summed E-state index contributed by atoms with van der Waals surface area (Å²) < 4.78 is 9.77. The number of amides is 1. The summed E-state index contributed by atoms with van der Waals surface area (Å²) in [5, 5.41) is 0.541. The zero-order valence-corrected chi connectivity index (χ0v) is 12.8. The van der Waals surface area contributed by atoms with Crippen LogP contribution in [-0.4, -0.2) is 54.4 Å². The van der Waals surface area contributed by atoms with Crippen molar-refractivity contribution >= 4 is 33.8 Å². The Labute approximate surface area is 126 Å². The molecule has 6 nitrogen and oxygen atoms in total. The summed E-state index contributed by atoms with van der Waals surface area (Å²) in [5.74, 6) is -1.06. The van der Waals surface area contributed by atoms with Crippen LogP contribution in [0.15, 0.2) is 12.2 Å². The Bertz CT molecular complexity index is 396. The Kier molecular flexibility index (Phi) is 7.28. The first-order chi connectivity index (χ1) is 9.54. The fourth-order valence-corrected chi connectivity index (χ4v) is 1.90. The van der Waals surface area contributed by atoms with Crippen molar-refractivity contribution in [3.63, 3.8) is 0 Å². The first-order valence-corrected chi connectivity index (χ1v) is 7.51. The number of alkyl halides is 1. The van der Waals surface area contributed by atoms with Gasteiger partial charge in [-0.1, -0.05) is 22.5 Å². The van der Waals surface area contributed by atoms with E-state index in [2.05, 4.69) is 22.5 Å². The van der Waals surface area contributed by atoms with E-state index >= 15 is 0 Å². The highest BCUT2D eigenvalue weighted by Gasteiger charge is 2.20. The third-order valence-corrected chi connectivity index (χ3v) is 3.08. The van der Waals surface area contributed by atoms with Crippen molar-refractivity contribution in [2.24, 2.45) is 0 Å². The standard InChI is InChI=1S/C13H18BrNO5/c1-10(9-12(17)19-7-4-14)13(18)20-8-6-15-5-2-3-11(15)16/h1-9H2. The van der Waals surface area contributed by atoms with Crippen molar-refractivity contribution in [1.29, 1.82) is 0 Å². The summed E-state index contributed by atoms with van der Waals surface area (Å²) in [6.45, 7) is 4.95. The van der Waals surface area contributed by atoms with Gasteiger partial charge in [-0.3, -0.25) is 9.59 Å². The van der Waals surface area contributed by atoms with Gasteiger partial charge in [0.15, 0.2) is 0 Å². The van der Waals surface area contributed by atoms with Crippen LogP contribution in [0.4, 0.5) is 0 Å². The van der Waals surface area contributed by atoms with Crippen LogP contribution in [0.2, 0.25) is 0 Å². The predicted molar refractivity (Wildman–Crippen MR) is 75.3 cm³/mol. The number of carbonyl (C=O) groups is 3. The summed E-state index contributed by atoms with van der Waals surface area (Å²) in [4.78, 5) is 35.8. The molecule has 0 aromatic rings. The van der Waals surface area contributed by atoms with Crippen LogP contribution < -0.4 is 0 Å². The maximum atomic E-state index is 11.6. The fraction of sp³-hybridized carbons (Fsp3) is 0.615. The van der Waals surface area contributed by atoms with Gasteiger partial charge in [-0.15, -0.1) is 0 Å². The summed E-state index contributed by atoms with van der Waals surface area (Å²) in [6.07, 6.45) is 1.22. The molecule has 1 amide bonds. The van der Waals surface area contributed by atoms with Gasteiger partial charge in [0.25, 0.3) is 0 Å². The smallest absolute Gasteiger partial charge is 0.334 e. The maximum absolute atomic E-state index is 11.6. The van der Waals surface area contributed by atoms with E-state index in [-0.39, 0.29) is 31.1 Å². The Morgan fingerprint density at radius 3 is 2.65 bits per heavy atom. The minimum atomic E-state index is -0.632. The molecule has 112 valence electrons. The van der Waals surface area contributed by atoms with E-state index in [1.54, 1.807) is 4.90 Å². The summed E-state index contributed by atoms with van der Waals surface area (Å²) in [7, 11) is 0. The van der Waals surface area contributed by atoms with Crippen LogP contribution >= 0.6 is 15.9 Å². The van der Waals surface area contributed by atoms with Crippen LogP contribution in [0, 0.1) is 0 Å². The third-order valence-electron chi connectivity index (χ3n) is 2.75. The van der Waals surface area contributed by atoms with Gasteiger partial charge in [-0.25, -0.2) is 4.79 Å². The topological polar surface area (TPSA) is 72.9 Å². The average molecular weight is 348 g/mol. The van der Waals surface area contributed by atoms with Crippen LogP contribution in [0.5, 0.6) is 0 Å². The SMILES string of the molecule is C=C(CC(=O)OCCBr)C(=O)OCCN1CCCC1=O. The average Bonchev–Trinajstić information content (AvgIpc) is 2.82. The second kappa shape index (κ2) is 8.73. The van der Waals surface area contributed by atoms with Crippen molar-refractivity contribution in [2.45, 2.75) is 19.3 Å². The van der Waals surface area contributed by atoms with Crippen molar-refractivity contribution in [1.82, 2.24) is 4.90 Å². The van der Waals surface area contributed by atoms with Gasteiger partial charge >= 0.3 is 11.9 Å². The lowest BCUT2D eigenvalue weighted by Crippen LogP contribution is -2.29. The third kappa shape index (κ3) is 5.73. The molecule has 0 aliphatic carbocycles. The highest BCUT2D eigenvalue weighted by molar-refractivity contribution is 9.09. The monoisotopic (exact) mass is 347 g/mol. The molecule has 0 unspecified atom stereocenters. The molecule has 0 bridgehead atoms. The quantitative estimate of drug-likeness (QED) is 0.372. The number of hydrogen-bond donors (Lipinski definition) is 0. The molecule has 0 saturated carbocycles. The van der Waals surface area contributed by atoms with E-state index in [1.807, 2.05) is 0 Å². The van der Waals surface area contributed by atoms with E-state index in [0.29, 0.717) is 24.8 Å². The van der Waals surface area contributed by atoms with E-state index in [4.69, 9.17) is 9.47 Å². The molecule has 1 rings (SSSR count). The minimum absolute atomic E-state index is 0.0531. The van der Waals surface area contributed by atoms with Crippen molar-refractivity contribution in [3.05, 3.63) is 12.2 Å². The van der Waals surface area contributed by atoms with Crippen LogP contribution in [0.25, 0.3) is 0 Å². The number of nitrogens with zero attached hydrogens (tertiary/aromatic N) is 1. The molecule has 0 spiro atoms. The molecule has 0 radical (unpaired) electrons. The zero-order chi connectivity index (χ0) is 15.0. The second-order valence-electron chi connectivity index (χ2n) is 4.31. The van der Waals surface area contributed by atoms with Gasteiger partial charge in [-0.05, 0) is 6.42 Å². The lowest BCUT2D eigenvalue weighted by molar-refractivity contribution is -0.146. The highest BCUT2D eigenvalue weighted by atomic mass is 79.9. The van der Waals surface area contributed by atoms with Crippen LogP contribution in [-0.2, 0) is 23.9 Å². The van der Waals surface area contributed by atoms with Gasteiger partial charge in [0.1, 0.15) is 13.2 Å². The van der Waals surface area contributed by atoms with Crippen LogP contribution in [0.1, 0.15) is 19.3 Å². The molecule has 7 heteroatoms. The summed E-state index contributed by atoms with van der Waals surface area (Å²) >= 11 is 3.12. The van der Waals surface area contributed by atoms with Gasteiger partial charge in [0, 0.05) is 23.9 Å². The molecule has 1 heterocycles. The molecule has 1 aliphatic rings. The van der Waals surface area contributed by atoms with Gasteiger partial charge in [0.2, 0.25) is 5.91 Å². The Balaban J connectivity index is 2.19. The normalized spacial score (nSPS) is 14.2. The largest absolute Gasteiger partial charge is 0.465 e. The lowest BCUT2D eigenvalue weighted by atomic mass is 10.2.